The summed E-state index contributed by atoms with van der Waals surface area (Å²) in [6.07, 6.45) is 2.93. The molecule has 0 radical (unpaired) electrons. The molecule has 21 heavy (non-hydrogen) atoms. The Morgan fingerprint density at radius 2 is 1.95 bits per heavy atom. The molecule has 0 aromatic heterocycles. The number of likely N-dealkylation sites (tertiary alicyclic amines) is 1. The molecule has 1 aromatic rings. The van der Waals surface area contributed by atoms with Gasteiger partial charge in [0.25, 0.3) is 0 Å². The average molecular weight is 331 g/mol. The van der Waals surface area contributed by atoms with Crippen molar-refractivity contribution in [1.29, 1.82) is 0 Å². The summed E-state index contributed by atoms with van der Waals surface area (Å²) < 4.78 is 26.5. The first-order valence-electron chi connectivity index (χ1n) is 7.49. The lowest BCUT2D eigenvalue weighted by Gasteiger charge is -2.28. The third-order valence-electron chi connectivity index (χ3n) is 3.82. The SMILES string of the molecule is CCCS(=O)(=O)NCC(c1ccccc1Cl)N1CCCC1. The Morgan fingerprint density at radius 3 is 2.57 bits per heavy atom. The summed E-state index contributed by atoms with van der Waals surface area (Å²) >= 11 is 6.30. The summed E-state index contributed by atoms with van der Waals surface area (Å²) in [5.41, 5.74) is 1.00. The lowest BCUT2D eigenvalue weighted by Crippen LogP contribution is -2.37. The van der Waals surface area contributed by atoms with E-state index in [4.69, 9.17) is 11.6 Å². The molecule has 6 heteroatoms. The molecule has 0 bridgehead atoms. The fourth-order valence-electron chi connectivity index (χ4n) is 2.78. The molecule has 0 amide bonds. The fraction of sp³-hybridized carbons (Fsp3) is 0.600. The quantitative estimate of drug-likeness (QED) is 0.836. The van der Waals surface area contributed by atoms with Gasteiger partial charge in [-0.2, -0.15) is 0 Å². The summed E-state index contributed by atoms with van der Waals surface area (Å²) in [7, 11) is -3.20. The van der Waals surface area contributed by atoms with E-state index in [2.05, 4.69) is 9.62 Å². The van der Waals surface area contributed by atoms with Crippen LogP contribution in [0.5, 0.6) is 0 Å². The number of sulfonamides is 1. The zero-order valence-electron chi connectivity index (χ0n) is 12.4. The van der Waals surface area contributed by atoms with Gasteiger partial charge in [-0.05, 0) is 44.0 Å². The van der Waals surface area contributed by atoms with Crippen molar-refractivity contribution in [3.05, 3.63) is 34.9 Å². The molecule has 1 saturated heterocycles. The van der Waals surface area contributed by atoms with Gasteiger partial charge >= 0.3 is 0 Å². The fourth-order valence-corrected chi connectivity index (χ4v) is 4.14. The molecular weight excluding hydrogens is 308 g/mol. The van der Waals surface area contributed by atoms with Crippen molar-refractivity contribution in [2.75, 3.05) is 25.4 Å². The molecule has 1 heterocycles. The molecule has 0 spiro atoms. The van der Waals surface area contributed by atoms with Gasteiger partial charge in [0.1, 0.15) is 0 Å². The summed E-state index contributed by atoms with van der Waals surface area (Å²) in [4.78, 5) is 2.32. The lowest BCUT2D eigenvalue weighted by atomic mass is 10.1. The Labute approximate surface area is 132 Å². The Morgan fingerprint density at radius 1 is 1.29 bits per heavy atom. The Kier molecular flexibility index (Phi) is 6.05. The third kappa shape index (κ3) is 4.68. The zero-order valence-corrected chi connectivity index (χ0v) is 14.0. The van der Waals surface area contributed by atoms with Gasteiger partial charge in [0.2, 0.25) is 10.0 Å². The summed E-state index contributed by atoms with van der Waals surface area (Å²) in [5.74, 6) is 0.169. The molecule has 1 aromatic carbocycles. The van der Waals surface area contributed by atoms with Crippen LogP contribution in [0.1, 0.15) is 37.8 Å². The maximum Gasteiger partial charge on any atom is 0.211 e. The van der Waals surface area contributed by atoms with Gasteiger partial charge < -0.3 is 0 Å². The van der Waals surface area contributed by atoms with Crippen molar-refractivity contribution in [2.45, 2.75) is 32.2 Å². The molecule has 1 fully saturated rings. The number of rotatable bonds is 7. The Hall–Kier alpha value is -0.620. The van der Waals surface area contributed by atoms with E-state index in [0.29, 0.717) is 18.0 Å². The van der Waals surface area contributed by atoms with Crippen LogP contribution in [0, 0.1) is 0 Å². The first-order valence-corrected chi connectivity index (χ1v) is 9.52. The van der Waals surface area contributed by atoms with Gasteiger partial charge in [-0.15, -0.1) is 0 Å². The number of hydrogen-bond acceptors (Lipinski definition) is 3. The Balaban J connectivity index is 2.15. The molecule has 2 rings (SSSR count). The van der Waals surface area contributed by atoms with Crippen LogP contribution in [0.15, 0.2) is 24.3 Å². The van der Waals surface area contributed by atoms with Crippen LogP contribution >= 0.6 is 11.6 Å². The highest BCUT2D eigenvalue weighted by atomic mass is 35.5. The molecule has 4 nitrogen and oxygen atoms in total. The van der Waals surface area contributed by atoms with E-state index in [1.807, 2.05) is 31.2 Å². The van der Waals surface area contributed by atoms with Crippen LogP contribution in [0.25, 0.3) is 0 Å². The Bertz CT molecular complexity index is 557. The lowest BCUT2D eigenvalue weighted by molar-refractivity contribution is 0.246. The van der Waals surface area contributed by atoms with Crippen LogP contribution in [-0.4, -0.2) is 38.7 Å². The van der Waals surface area contributed by atoms with Crippen molar-refractivity contribution in [1.82, 2.24) is 9.62 Å². The summed E-state index contributed by atoms with van der Waals surface area (Å²) in [6.45, 7) is 4.23. The normalized spacial score (nSPS) is 18.0. The van der Waals surface area contributed by atoms with E-state index in [9.17, 15) is 8.42 Å². The van der Waals surface area contributed by atoms with Crippen LogP contribution < -0.4 is 4.72 Å². The first kappa shape index (κ1) is 16.7. The van der Waals surface area contributed by atoms with E-state index in [1.54, 1.807) is 0 Å². The second kappa shape index (κ2) is 7.58. The van der Waals surface area contributed by atoms with Gasteiger partial charge in [-0.25, -0.2) is 13.1 Å². The van der Waals surface area contributed by atoms with Gasteiger partial charge in [0.15, 0.2) is 0 Å². The monoisotopic (exact) mass is 330 g/mol. The number of benzene rings is 1. The average Bonchev–Trinajstić information content (AvgIpc) is 2.95. The highest BCUT2D eigenvalue weighted by Crippen LogP contribution is 2.29. The highest BCUT2D eigenvalue weighted by Gasteiger charge is 2.26. The van der Waals surface area contributed by atoms with Gasteiger partial charge in [-0.1, -0.05) is 36.7 Å². The molecular formula is C15H23ClN2O2S. The van der Waals surface area contributed by atoms with E-state index in [-0.39, 0.29) is 11.8 Å². The topological polar surface area (TPSA) is 49.4 Å². The number of hydrogen-bond donors (Lipinski definition) is 1. The molecule has 1 atom stereocenters. The molecule has 118 valence electrons. The van der Waals surface area contributed by atoms with E-state index >= 15 is 0 Å². The minimum Gasteiger partial charge on any atom is -0.295 e. The minimum atomic E-state index is -3.20. The third-order valence-corrected chi connectivity index (χ3v) is 5.71. The van der Waals surface area contributed by atoms with Gasteiger partial charge in [0.05, 0.1) is 5.75 Å². The van der Waals surface area contributed by atoms with E-state index < -0.39 is 10.0 Å². The summed E-state index contributed by atoms with van der Waals surface area (Å²) in [5, 5.41) is 0.698. The number of nitrogens with one attached hydrogen (secondary N) is 1. The van der Waals surface area contributed by atoms with Crippen LogP contribution in [0.3, 0.4) is 0 Å². The smallest absolute Gasteiger partial charge is 0.211 e. The van der Waals surface area contributed by atoms with Gasteiger partial charge in [0, 0.05) is 17.6 Å². The zero-order chi connectivity index (χ0) is 15.3. The van der Waals surface area contributed by atoms with Crippen molar-refractivity contribution >= 4 is 21.6 Å². The molecule has 1 aliphatic heterocycles. The van der Waals surface area contributed by atoms with Gasteiger partial charge in [-0.3, -0.25) is 4.90 Å². The predicted octanol–water partition coefficient (Wildman–Crippen LogP) is 2.81. The van der Waals surface area contributed by atoms with Crippen molar-refractivity contribution in [3.8, 4) is 0 Å². The van der Waals surface area contributed by atoms with Crippen molar-refractivity contribution in [3.63, 3.8) is 0 Å². The minimum absolute atomic E-state index is 0.00725. The number of halogens is 1. The number of nitrogens with zero attached hydrogens (tertiary/aromatic N) is 1. The maximum absolute atomic E-state index is 11.9. The predicted molar refractivity (Wildman–Crippen MR) is 87.1 cm³/mol. The standard InChI is InChI=1S/C15H23ClN2O2S/c1-2-11-21(19,20)17-12-15(18-9-5-6-10-18)13-7-3-4-8-14(13)16/h3-4,7-8,15,17H,2,5-6,9-12H2,1H3. The molecule has 1 unspecified atom stereocenters. The van der Waals surface area contributed by atoms with Crippen LogP contribution in [0.2, 0.25) is 5.02 Å². The van der Waals surface area contributed by atoms with Crippen LogP contribution in [0.4, 0.5) is 0 Å². The van der Waals surface area contributed by atoms with Crippen molar-refractivity contribution < 1.29 is 8.42 Å². The maximum atomic E-state index is 11.9. The van der Waals surface area contributed by atoms with Crippen LogP contribution in [-0.2, 0) is 10.0 Å². The summed E-state index contributed by atoms with van der Waals surface area (Å²) in [6, 6.07) is 7.70. The molecule has 1 aliphatic rings. The first-order chi connectivity index (χ1) is 10.0. The molecule has 0 saturated carbocycles. The van der Waals surface area contributed by atoms with E-state index in [1.165, 1.54) is 0 Å². The van der Waals surface area contributed by atoms with Crippen molar-refractivity contribution in [2.24, 2.45) is 0 Å². The second-order valence-electron chi connectivity index (χ2n) is 5.45. The second-order valence-corrected chi connectivity index (χ2v) is 7.78. The highest BCUT2D eigenvalue weighted by molar-refractivity contribution is 7.89. The largest absolute Gasteiger partial charge is 0.295 e. The molecule has 1 N–H and O–H groups in total. The molecule has 0 aliphatic carbocycles. The van der Waals surface area contributed by atoms with E-state index in [0.717, 1.165) is 31.5 Å².